The molecule has 0 fully saturated rings. The molecule has 0 bridgehead atoms. The van der Waals surface area contributed by atoms with Crippen LogP contribution in [0.1, 0.15) is 0 Å². The second-order valence-electron chi connectivity index (χ2n) is 4.27. The minimum Gasteiger partial charge on any atom is -0.454 e. The number of ether oxygens (including phenoxy) is 1. The van der Waals surface area contributed by atoms with Gasteiger partial charge in [0.25, 0.3) is 0 Å². The van der Waals surface area contributed by atoms with Gasteiger partial charge in [0.05, 0.1) is 5.75 Å². The van der Waals surface area contributed by atoms with Crippen LogP contribution in [0.2, 0.25) is 0 Å². The smallest absolute Gasteiger partial charge is 0.233 e. The van der Waals surface area contributed by atoms with Crippen molar-refractivity contribution in [3.8, 4) is 11.5 Å². The van der Waals surface area contributed by atoms with E-state index in [1.165, 1.54) is 24.3 Å². The molecule has 0 spiro atoms. The van der Waals surface area contributed by atoms with Gasteiger partial charge in [-0.25, -0.2) is 12.8 Å². The first-order valence-electron chi connectivity index (χ1n) is 6.23. The summed E-state index contributed by atoms with van der Waals surface area (Å²) >= 11 is 0. The lowest BCUT2D eigenvalue weighted by Crippen LogP contribution is -2.22. The molecule has 2 rings (SSSR count). The Kier molecular flexibility index (Phi) is 4.77. The van der Waals surface area contributed by atoms with Crippen LogP contribution in [0.15, 0.2) is 48.5 Å². The molecule has 0 atom stereocenters. The van der Waals surface area contributed by atoms with Crippen LogP contribution in [-0.2, 0) is 10.0 Å². The lowest BCUT2D eigenvalue weighted by atomic mass is 10.3. The number of benzene rings is 2. The van der Waals surface area contributed by atoms with E-state index in [9.17, 15) is 12.8 Å². The molecule has 0 saturated carbocycles. The molecule has 112 valence electrons. The third kappa shape index (κ3) is 4.44. The molecule has 2 aromatic rings. The van der Waals surface area contributed by atoms with Crippen molar-refractivity contribution in [1.29, 1.82) is 0 Å². The van der Waals surface area contributed by atoms with Gasteiger partial charge in [-0.1, -0.05) is 12.1 Å². The van der Waals surface area contributed by atoms with Crippen molar-refractivity contribution in [1.82, 2.24) is 0 Å². The van der Waals surface area contributed by atoms with Gasteiger partial charge in [0.1, 0.15) is 5.75 Å². The summed E-state index contributed by atoms with van der Waals surface area (Å²) in [6.45, 7) is 0.0454. The van der Waals surface area contributed by atoms with Crippen LogP contribution in [0.5, 0.6) is 11.5 Å². The van der Waals surface area contributed by atoms with Gasteiger partial charge in [0.15, 0.2) is 11.6 Å². The molecule has 0 heterocycles. The predicted octanol–water partition coefficient (Wildman–Crippen LogP) is 2.32. The van der Waals surface area contributed by atoms with E-state index >= 15 is 0 Å². The SMILES string of the molecule is NCCS(=O)(=O)Nc1ccc(Oc2ccccc2F)cc1. The molecule has 0 saturated heterocycles. The number of hydrogen-bond acceptors (Lipinski definition) is 4. The van der Waals surface area contributed by atoms with Gasteiger partial charge in [-0.05, 0) is 36.4 Å². The number of nitrogens with two attached hydrogens (primary N) is 1. The van der Waals surface area contributed by atoms with Gasteiger partial charge in [-0.2, -0.15) is 0 Å². The zero-order valence-corrected chi connectivity index (χ0v) is 11.9. The highest BCUT2D eigenvalue weighted by molar-refractivity contribution is 7.92. The summed E-state index contributed by atoms with van der Waals surface area (Å²) in [6, 6.07) is 12.2. The van der Waals surface area contributed by atoms with Crippen molar-refractivity contribution in [3.05, 3.63) is 54.3 Å². The minimum absolute atomic E-state index is 0.0454. The summed E-state index contributed by atoms with van der Waals surface area (Å²) in [5.41, 5.74) is 5.61. The Labute approximate surface area is 122 Å². The van der Waals surface area contributed by atoms with Gasteiger partial charge in [0, 0.05) is 12.2 Å². The number of halogens is 1. The fourth-order valence-electron chi connectivity index (χ4n) is 1.63. The predicted molar refractivity (Wildman–Crippen MR) is 79.4 cm³/mol. The van der Waals surface area contributed by atoms with Gasteiger partial charge >= 0.3 is 0 Å². The quantitative estimate of drug-likeness (QED) is 0.858. The first-order chi connectivity index (χ1) is 10.00. The summed E-state index contributed by atoms with van der Waals surface area (Å²) in [5, 5.41) is 0. The number of hydrogen-bond donors (Lipinski definition) is 2. The summed E-state index contributed by atoms with van der Waals surface area (Å²) in [5.74, 6) is -0.110. The molecular weight excluding hydrogens is 295 g/mol. The molecule has 0 aliphatic carbocycles. The zero-order valence-electron chi connectivity index (χ0n) is 11.1. The van der Waals surface area contributed by atoms with Crippen LogP contribution in [0.3, 0.4) is 0 Å². The van der Waals surface area contributed by atoms with E-state index < -0.39 is 15.8 Å². The lowest BCUT2D eigenvalue weighted by Gasteiger charge is -2.09. The molecule has 21 heavy (non-hydrogen) atoms. The van der Waals surface area contributed by atoms with Crippen molar-refractivity contribution in [3.63, 3.8) is 0 Å². The normalized spacial score (nSPS) is 11.1. The van der Waals surface area contributed by atoms with E-state index in [1.807, 2.05) is 0 Å². The molecule has 0 aliphatic rings. The molecule has 7 heteroatoms. The van der Waals surface area contributed by atoms with Crippen LogP contribution in [0, 0.1) is 5.82 Å². The fraction of sp³-hybridized carbons (Fsp3) is 0.143. The van der Waals surface area contributed by atoms with Crippen molar-refractivity contribution in [2.45, 2.75) is 0 Å². The second-order valence-corrected chi connectivity index (χ2v) is 6.11. The first kappa shape index (κ1) is 15.3. The Morgan fingerprint density at radius 3 is 2.38 bits per heavy atom. The molecular formula is C14H15FN2O3S. The maximum atomic E-state index is 13.4. The number of sulfonamides is 1. The lowest BCUT2D eigenvalue weighted by molar-refractivity contribution is 0.442. The van der Waals surface area contributed by atoms with Crippen LogP contribution < -0.4 is 15.2 Å². The fourth-order valence-corrected chi connectivity index (χ4v) is 2.54. The van der Waals surface area contributed by atoms with Crippen molar-refractivity contribution in [2.24, 2.45) is 5.73 Å². The highest BCUT2D eigenvalue weighted by atomic mass is 32.2. The number of rotatable bonds is 6. The summed E-state index contributed by atoms with van der Waals surface area (Å²) in [6.07, 6.45) is 0. The average molecular weight is 310 g/mol. The van der Waals surface area contributed by atoms with Gasteiger partial charge in [-0.15, -0.1) is 0 Å². The van der Waals surface area contributed by atoms with Crippen LogP contribution in [0.25, 0.3) is 0 Å². The molecule has 2 aromatic carbocycles. The Morgan fingerprint density at radius 2 is 1.76 bits per heavy atom. The van der Waals surface area contributed by atoms with Crippen molar-refractivity contribution >= 4 is 15.7 Å². The maximum Gasteiger partial charge on any atom is 0.233 e. The molecule has 0 aromatic heterocycles. The maximum absolute atomic E-state index is 13.4. The van der Waals surface area contributed by atoms with E-state index in [0.29, 0.717) is 11.4 Å². The van der Waals surface area contributed by atoms with Crippen LogP contribution >= 0.6 is 0 Å². The van der Waals surface area contributed by atoms with Crippen molar-refractivity contribution < 1.29 is 17.5 Å². The van der Waals surface area contributed by atoms with E-state index in [4.69, 9.17) is 10.5 Å². The van der Waals surface area contributed by atoms with Crippen LogP contribution in [0.4, 0.5) is 10.1 Å². The Morgan fingerprint density at radius 1 is 1.10 bits per heavy atom. The first-order valence-corrected chi connectivity index (χ1v) is 7.88. The van der Waals surface area contributed by atoms with Gasteiger partial charge < -0.3 is 10.5 Å². The van der Waals surface area contributed by atoms with Crippen molar-refractivity contribution in [2.75, 3.05) is 17.0 Å². The van der Waals surface area contributed by atoms with Gasteiger partial charge in [-0.3, -0.25) is 4.72 Å². The third-order valence-electron chi connectivity index (χ3n) is 2.58. The molecule has 5 nitrogen and oxygen atoms in total. The average Bonchev–Trinajstić information content (AvgIpc) is 2.43. The molecule has 0 aliphatic heterocycles. The highest BCUT2D eigenvalue weighted by Crippen LogP contribution is 2.25. The largest absolute Gasteiger partial charge is 0.454 e. The molecule has 0 amide bonds. The second kappa shape index (κ2) is 6.55. The molecule has 3 N–H and O–H groups in total. The molecule has 0 radical (unpaired) electrons. The molecule has 0 unspecified atom stereocenters. The van der Waals surface area contributed by atoms with Crippen LogP contribution in [-0.4, -0.2) is 20.7 Å². The van der Waals surface area contributed by atoms with Gasteiger partial charge in [0.2, 0.25) is 10.0 Å². The summed E-state index contributed by atoms with van der Waals surface area (Å²) in [4.78, 5) is 0. The number of anilines is 1. The Balaban J connectivity index is 2.08. The number of para-hydroxylation sites is 1. The van der Waals surface area contributed by atoms with E-state index in [1.54, 1.807) is 24.3 Å². The monoisotopic (exact) mass is 310 g/mol. The highest BCUT2D eigenvalue weighted by Gasteiger charge is 2.09. The minimum atomic E-state index is -3.44. The standard InChI is InChI=1S/C14H15FN2O3S/c15-13-3-1-2-4-14(13)20-12-7-5-11(6-8-12)17-21(18,19)10-9-16/h1-8,17H,9-10,16H2. The van der Waals surface area contributed by atoms with E-state index in [-0.39, 0.29) is 18.0 Å². The topological polar surface area (TPSA) is 81.4 Å². The Hall–Kier alpha value is -2.12. The summed E-state index contributed by atoms with van der Waals surface area (Å²) < 4.78 is 44.3. The summed E-state index contributed by atoms with van der Waals surface area (Å²) in [7, 11) is -3.44. The Bertz CT molecular complexity index is 702. The van der Waals surface area contributed by atoms with E-state index in [2.05, 4.69) is 4.72 Å². The van der Waals surface area contributed by atoms with E-state index in [0.717, 1.165) is 0 Å². The number of nitrogens with one attached hydrogen (secondary N) is 1. The third-order valence-corrected chi connectivity index (χ3v) is 3.90. The zero-order chi connectivity index (χ0) is 15.3.